The van der Waals surface area contributed by atoms with E-state index >= 15 is 0 Å². The summed E-state index contributed by atoms with van der Waals surface area (Å²) < 4.78 is 0. The van der Waals surface area contributed by atoms with Crippen molar-refractivity contribution in [2.24, 2.45) is 5.92 Å². The molecule has 0 aromatic rings. The highest BCUT2D eigenvalue weighted by molar-refractivity contribution is 5.79. The molecule has 0 unspecified atom stereocenters. The van der Waals surface area contributed by atoms with Gasteiger partial charge in [-0.1, -0.05) is 33.1 Å². The summed E-state index contributed by atoms with van der Waals surface area (Å²) in [5.41, 5.74) is 0. The van der Waals surface area contributed by atoms with Crippen molar-refractivity contribution in [1.29, 1.82) is 0 Å². The summed E-state index contributed by atoms with van der Waals surface area (Å²) in [4.78, 5) is 14.0. The third-order valence-electron chi connectivity index (χ3n) is 3.37. The number of carbonyl (C=O) groups excluding carboxylic acids is 1. The van der Waals surface area contributed by atoms with Gasteiger partial charge in [0.1, 0.15) is 0 Å². The van der Waals surface area contributed by atoms with Crippen molar-refractivity contribution >= 4 is 5.91 Å². The molecule has 1 amide bonds. The number of carbonyl (C=O) groups is 1. The fraction of sp³-hybridized carbons (Fsp3) is 0.923. The number of nitrogens with zero attached hydrogens (tertiary/aromatic N) is 1. The second-order valence-electron chi connectivity index (χ2n) is 4.37. The number of hydrogen-bond acceptors (Lipinski definition) is 1. The van der Waals surface area contributed by atoms with E-state index in [0.717, 1.165) is 25.9 Å². The number of amides is 1. The zero-order chi connectivity index (χ0) is 11.1. The first kappa shape index (κ1) is 12.5. The van der Waals surface area contributed by atoms with Crippen molar-refractivity contribution in [1.82, 2.24) is 4.90 Å². The Kier molecular flexibility index (Phi) is 5.74. The Balaban J connectivity index is 0.000000531. The minimum absolute atomic E-state index is 0.381. The molecule has 2 heteroatoms. The molecule has 0 aromatic heterocycles. The molecule has 88 valence electrons. The minimum Gasteiger partial charge on any atom is -0.342 e. The van der Waals surface area contributed by atoms with Crippen molar-refractivity contribution in [3.63, 3.8) is 0 Å². The summed E-state index contributed by atoms with van der Waals surface area (Å²) >= 11 is 0. The van der Waals surface area contributed by atoms with E-state index in [9.17, 15) is 4.79 Å². The molecule has 0 bridgehead atoms. The van der Waals surface area contributed by atoms with Gasteiger partial charge >= 0.3 is 0 Å². The molecule has 15 heavy (non-hydrogen) atoms. The van der Waals surface area contributed by atoms with E-state index in [2.05, 4.69) is 4.90 Å². The fourth-order valence-corrected chi connectivity index (χ4v) is 2.55. The van der Waals surface area contributed by atoms with Crippen LogP contribution in [0.4, 0.5) is 0 Å². The second kappa shape index (κ2) is 6.86. The zero-order valence-electron chi connectivity index (χ0n) is 10.3. The second-order valence-corrected chi connectivity index (χ2v) is 4.37. The lowest BCUT2D eigenvalue weighted by molar-refractivity contribution is -0.135. The van der Waals surface area contributed by atoms with E-state index in [4.69, 9.17) is 0 Å². The van der Waals surface area contributed by atoms with Crippen LogP contribution in [0.1, 0.15) is 58.8 Å². The highest BCUT2D eigenvalue weighted by atomic mass is 16.2. The van der Waals surface area contributed by atoms with Crippen molar-refractivity contribution in [3.8, 4) is 0 Å². The summed E-state index contributed by atoms with van der Waals surface area (Å²) in [6.07, 6.45) is 8.61. The first-order valence-electron chi connectivity index (χ1n) is 6.67. The van der Waals surface area contributed by atoms with E-state index in [0.29, 0.717) is 11.8 Å². The summed E-state index contributed by atoms with van der Waals surface area (Å²) in [6.45, 7) is 6.05. The van der Waals surface area contributed by atoms with Crippen LogP contribution in [0.25, 0.3) is 0 Å². The lowest BCUT2D eigenvalue weighted by Crippen LogP contribution is -2.34. The van der Waals surface area contributed by atoms with Crippen LogP contribution >= 0.6 is 0 Å². The molecule has 0 spiro atoms. The van der Waals surface area contributed by atoms with Crippen LogP contribution in [0.3, 0.4) is 0 Å². The predicted octanol–water partition coefficient (Wildman–Crippen LogP) is 3.22. The molecule has 1 aliphatic carbocycles. The zero-order valence-corrected chi connectivity index (χ0v) is 10.3. The van der Waals surface area contributed by atoms with Gasteiger partial charge in [0, 0.05) is 19.0 Å². The molecule has 1 heterocycles. The topological polar surface area (TPSA) is 20.3 Å². The smallest absolute Gasteiger partial charge is 0.225 e. The molecular weight excluding hydrogens is 186 g/mol. The van der Waals surface area contributed by atoms with Gasteiger partial charge in [-0.2, -0.15) is 0 Å². The maximum atomic E-state index is 11.9. The molecule has 0 N–H and O–H groups in total. The Morgan fingerprint density at radius 2 is 1.47 bits per heavy atom. The average molecular weight is 211 g/mol. The summed E-state index contributed by atoms with van der Waals surface area (Å²) in [5.74, 6) is 0.837. The van der Waals surface area contributed by atoms with Crippen LogP contribution in [-0.2, 0) is 4.79 Å². The molecule has 2 rings (SSSR count). The largest absolute Gasteiger partial charge is 0.342 e. The van der Waals surface area contributed by atoms with Crippen LogP contribution in [0.2, 0.25) is 0 Å². The summed E-state index contributed by atoms with van der Waals surface area (Å²) in [6, 6.07) is 0. The molecule has 2 aliphatic rings. The number of hydrogen-bond donors (Lipinski definition) is 0. The van der Waals surface area contributed by atoms with Gasteiger partial charge in [-0.3, -0.25) is 4.79 Å². The van der Waals surface area contributed by atoms with Crippen LogP contribution < -0.4 is 0 Å². The first-order valence-corrected chi connectivity index (χ1v) is 6.67. The highest BCUT2D eigenvalue weighted by Crippen LogP contribution is 2.26. The van der Waals surface area contributed by atoms with E-state index in [1.807, 2.05) is 13.8 Å². The van der Waals surface area contributed by atoms with Gasteiger partial charge in [0.05, 0.1) is 0 Å². The molecule has 1 aliphatic heterocycles. The highest BCUT2D eigenvalue weighted by Gasteiger charge is 2.27. The maximum absolute atomic E-state index is 11.9. The Morgan fingerprint density at radius 1 is 0.933 bits per heavy atom. The maximum Gasteiger partial charge on any atom is 0.225 e. The van der Waals surface area contributed by atoms with Crippen molar-refractivity contribution < 1.29 is 4.79 Å². The van der Waals surface area contributed by atoms with E-state index in [-0.39, 0.29) is 0 Å². The SMILES string of the molecule is CC.O=C(C1CCCCC1)N1CCCC1. The van der Waals surface area contributed by atoms with E-state index in [1.165, 1.54) is 32.1 Å². The van der Waals surface area contributed by atoms with Gasteiger partial charge in [-0.25, -0.2) is 0 Å². The summed E-state index contributed by atoms with van der Waals surface area (Å²) in [7, 11) is 0. The van der Waals surface area contributed by atoms with Crippen LogP contribution in [-0.4, -0.2) is 23.9 Å². The monoisotopic (exact) mass is 211 g/mol. The summed E-state index contributed by atoms with van der Waals surface area (Å²) in [5, 5.41) is 0. The van der Waals surface area contributed by atoms with Crippen LogP contribution in [0, 0.1) is 5.92 Å². The molecule has 0 radical (unpaired) electrons. The van der Waals surface area contributed by atoms with Gasteiger partial charge in [0.15, 0.2) is 0 Å². The lowest BCUT2D eigenvalue weighted by atomic mass is 9.88. The minimum atomic E-state index is 0.381. The van der Waals surface area contributed by atoms with Crippen molar-refractivity contribution in [3.05, 3.63) is 0 Å². The molecule has 2 nitrogen and oxygen atoms in total. The average Bonchev–Trinajstić information content (AvgIpc) is 2.85. The standard InChI is InChI=1S/C11H19NO.C2H6/c13-11(12-8-4-5-9-12)10-6-2-1-3-7-10;1-2/h10H,1-9H2;1-2H3. The lowest BCUT2D eigenvalue weighted by Gasteiger charge is -2.25. The van der Waals surface area contributed by atoms with Crippen molar-refractivity contribution in [2.45, 2.75) is 58.8 Å². The van der Waals surface area contributed by atoms with Gasteiger partial charge < -0.3 is 4.90 Å². The van der Waals surface area contributed by atoms with Gasteiger partial charge in [0.25, 0.3) is 0 Å². The van der Waals surface area contributed by atoms with Crippen molar-refractivity contribution in [2.75, 3.05) is 13.1 Å². The van der Waals surface area contributed by atoms with Gasteiger partial charge in [-0.15, -0.1) is 0 Å². The van der Waals surface area contributed by atoms with Gasteiger partial charge in [-0.05, 0) is 25.7 Å². The third-order valence-corrected chi connectivity index (χ3v) is 3.37. The number of rotatable bonds is 1. The third kappa shape index (κ3) is 3.51. The molecule has 1 saturated heterocycles. The van der Waals surface area contributed by atoms with Crippen LogP contribution in [0.5, 0.6) is 0 Å². The Morgan fingerprint density at radius 3 is 2.00 bits per heavy atom. The molecule has 0 aromatic carbocycles. The van der Waals surface area contributed by atoms with Gasteiger partial charge in [0.2, 0.25) is 5.91 Å². The van der Waals surface area contributed by atoms with E-state index in [1.54, 1.807) is 0 Å². The first-order chi connectivity index (χ1) is 7.38. The predicted molar refractivity (Wildman–Crippen MR) is 63.7 cm³/mol. The van der Waals surface area contributed by atoms with E-state index < -0.39 is 0 Å². The molecule has 0 atom stereocenters. The Labute approximate surface area is 94.0 Å². The molecule has 2 fully saturated rings. The molecular formula is C13H25NO. The Hall–Kier alpha value is -0.530. The Bertz CT molecular complexity index is 179. The fourth-order valence-electron chi connectivity index (χ4n) is 2.55. The normalized spacial score (nSPS) is 22.1. The van der Waals surface area contributed by atoms with Crippen LogP contribution in [0.15, 0.2) is 0 Å². The number of likely N-dealkylation sites (tertiary alicyclic amines) is 1. The molecule has 1 saturated carbocycles. The quantitative estimate of drug-likeness (QED) is 0.652.